The number of hydrogen-bond acceptors (Lipinski definition) is 4. The van der Waals surface area contributed by atoms with Crippen molar-refractivity contribution < 1.29 is 4.42 Å². The molecule has 0 bridgehead atoms. The highest BCUT2D eigenvalue weighted by Gasteiger charge is 2.18. The number of para-hydroxylation sites is 1. The maximum atomic E-state index is 6.40. The molecule has 2 aromatic heterocycles. The molecule has 8 rings (SSSR count). The molecule has 43 heavy (non-hydrogen) atoms. The van der Waals surface area contributed by atoms with Gasteiger partial charge in [-0.1, -0.05) is 121 Å². The van der Waals surface area contributed by atoms with Crippen molar-refractivity contribution in [2.45, 2.75) is 0 Å². The molecule has 0 aliphatic rings. The van der Waals surface area contributed by atoms with Gasteiger partial charge in [-0.15, -0.1) is 0 Å². The highest BCUT2D eigenvalue weighted by atomic mass is 16.3. The summed E-state index contributed by atoms with van der Waals surface area (Å²) in [5.41, 5.74) is 9.48. The quantitative estimate of drug-likeness (QED) is 0.214. The van der Waals surface area contributed by atoms with Crippen LogP contribution in [0.25, 0.3) is 78.4 Å². The van der Waals surface area contributed by atoms with Gasteiger partial charge in [-0.05, 0) is 46.7 Å². The van der Waals surface area contributed by atoms with Crippen molar-refractivity contribution in [1.82, 2.24) is 15.0 Å². The molecule has 4 nitrogen and oxygen atoms in total. The van der Waals surface area contributed by atoms with E-state index in [9.17, 15) is 0 Å². The second-order valence-electron chi connectivity index (χ2n) is 10.4. The maximum Gasteiger partial charge on any atom is 0.227 e. The third kappa shape index (κ3) is 4.55. The van der Waals surface area contributed by atoms with Crippen LogP contribution in [0.15, 0.2) is 156 Å². The molecule has 6 aromatic carbocycles. The second kappa shape index (κ2) is 10.5. The first-order valence-corrected chi connectivity index (χ1v) is 14.3. The van der Waals surface area contributed by atoms with Crippen LogP contribution in [0.1, 0.15) is 0 Å². The van der Waals surface area contributed by atoms with E-state index in [1.165, 1.54) is 0 Å². The molecule has 0 saturated carbocycles. The topological polar surface area (TPSA) is 51.8 Å². The van der Waals surface area contributed by atoms with Crippen molar-refractivity contribution in [3.63, 3.8) is 0 Å². The fourth-order valence-corrected chi connectivity index (χ4v) is 5.68. The first-order valence-electron chi connectivity index (χ1n) is 14.3. The van der Waals surface area contributed by atoms with Crippen LogP contribution in [0.5, 0.6) is 0 Å². The molecule has 0 radical (unpaired) electrons. The van der Waals surface area contributed by atoms with Crippen molar-refractivity contribution in [3.8, 4) is 56.5 Å². The zero-order valence-corrected chi connectivity index (χ0v) is 23.2. The minimum absolute atomic E-state index is 0.614. The zero-order valence-electron chi connectivity index (χ0n) is 23.2. The fraction of sp³-hybridized carbons (Fsp3) is 0. The molecule has 0 aliphatic heterocycles. The van der Waals surface area contributed by atoms with Crippen molar-refractivity contribution in [1.29, 1.82) is 0 Å². The van der Waals surface area contributed by atoms with E-state index in [1.54, 1.807) is 0 Å². The standard InChI is InChI=1S/C39H25N3O/c1-4-13-26(14-5-1)35-25-36(27-15-6-2-7-16-27)41-38(40-35)33-24-23-31(29-19-10-11-20-30(29)33)32-21-12-22-34-37(32)43-39(42-34)28-17-8-3-9-18-28/h1-25H. The number of fused-ring (bicyclic) bond motifs is 2. The van der Waals surface area contributed by atoms with Crippen LogP contribution in [-0.2, 0) is 0 Å². The van der Waals surface area contributed by atoms with Crippen LogP contribution >= 0.6 is 0 Å². The van der Waals surface area contributed by atoms with Gasteiger partial charge in [0.1, 0.15) is 5.52 Å². The van der Waals surface area contributed by atoms with E-state index in [-0.39, 0.29) is 0 Å². The summed E-state index contributed by atoms with van der Waals surface area (Å²) in [6.07, 6.45) is 0. The lowest BCUT2D eigenvalue weighted by Gasteiger charge is -2.13. The summed E-state index contributed by atoms with van der Waals surface area (Å²) in [7, 11) is 0. The van der Waals surface area contributed by atoms with E-state index >= 15 is 0 Å². The first kappa shape index (κ1) is 24.9. The molecule has 2 heterocycles. The zero-order chi connectivity index (χ0) is 28.6. The lowest BCUT2D eigenvalue weighted by molar-refractivity contribution is 0.621. The van der Waals surface area contributed by atoms with Gasteiger partial charge in [-0.25, -0.2) is 15.0 Å². The van der Waals surface area contributed by atoms with E-state index in [2.05, 4.69) is 72.8 Å². The predicted molar refractivity (Wildman–Crippen MR) is 174 cm³/mol. The maximum absolute atomic E-state index is 6.40. The van der Waals surface area contributed by atoms with Crippen LogP contribution in [0.3, 0.4) is 0 Å². The van der Waals surface area contributed by atoms with Crippen LogP contribution in [0, 0.1) is 0 Å². The van der Waals surface area contributed by atoms with Gasteiger partial charge in [0.15, 0.2) is 11.4 Å². The summed E-state index contributed by atoms with van der Waals surface area (Å²) in [5.74, 6) is 1.30. The van der Waals surface area contributed by atoms with E-state index in [1.807, 2.05) is 78.9 Å². The van der Waals surface area contributed by atoms with Gasteiger partial charge < -0.3 is 4.42 Å². The monoisotopic (exact) mass is 551 g/mol. The molecule has 0 amide bonds. The Hall–Kier alpha value is -5.87. The SMILES string of the molecule is c1ccc(-c2cc(-c3ccccc3)nc(-c3ccc(-c4cccc5nc(-c6ccccc6)oc45)c4ccccc34)n2)cc1. The summed E-state index contributed by atoms with van der Waals surface area (Å²) in [6.45, 7) is 0. The van der Waals surface area contributed by atoms with Gasteiger partial charge in [0, 0.05) is 27.8 Å². The van der Waals surface area contributed by atoms with Crippen molar-refractivity contribution >= 4 is 21.9 Å². The van der Waals surface area contributed by atoms with Crippen LogP contribution in [-0.4, -0.2) is 15.0 Å². The first-order chi connectivity index (χ1) is 21.3. The van der Waals surface area contributed by atoms with Gasteiger partial charge in [0.05, 0.1) is 11.4 Å². The smallest absolute Gasteiger partial charge is 0.227 e. The molecule has 0 unspecified atom stereocenters. The summed E-state index contributed by atoms with van der Waals surface area (Å²) >= 11 is 0. The lowest BCUT2D eigenvalue weighted by atomic mass is 9.94. The predicted octanol–water partition coefficient (Wildman–Crippen LogP) is 10.1. The fourth-order valence-electron chi connectivity index (χ4n) is 5.68. The van der Waals surface area contributed by atoms with Gasteiger partial charge in [0.25, 0.3) is 0 Å². The average molecular weight is 552 g/mol. The van der Waals surface area contributed by atoms with E-state index < -0.39 is 0 Å². The Balaban J connectivity index is 1.32. The lowest BCUT2D eigenvalue weighted by Crippen LogP contribution is -1.97. The van der Waals surface area contributed by atoms with E-state index in [0.717, 1.165) is 66.6 Å². The highest BCUT2D eigenvalue weighted by Crippen LogP contribution is 2.39. The largest absolute Gasteiger partial charge is 0.435 e. The van der Waals surface area contributed by atoms with Gasteiger partial charge in [0.2, 0.25) is 5.89 Å². The Morgan fingerprint density at radius 2 is 0.930 bits per heavy atom. The van der Waals surface area contributed by atoms with E-state index in [4.69, 9.17) is 19.4 Å². The molecule has 0 aliphatic carbocycles. The van der Waals surface area contributed by atoms with Crippen molar-refractivity contribution in [2.24, 2.45) is 0 Å². The Bertz CT molecular complexity index is 2170. The molecule has 4 heteroatoms. The third-order valence-corrected chi connectivity index (χ3v) is 7.76. The number of aromatic nitrogens is 3. The van der Waals surface area contributed by atoms with E-state index in [0.29, 0.717) is 11.7 Å². The van der Waals surface area contributed by atoms with Crippen LogP contribution in [0.4, 0.5) is 0 Å². The van der Waals surface area contributed by atoms with Gasteiger partial charge >= 0.3 is 0 Å². The number of nitrogens with zero attached hydrogens (tertiary/aromatic N) is 3. The van der Waals surface area contributed by atoms with Crippen LogP contribution < -0.4 is 0 Å². The number of benzene rings is 6. The van der Waals surface area contributed by atoms with Crippen LogP contribution in [0.2, 0.25) is 0 Å². The summed E-state index contributed by atoms with van der Waals surface area (Å²) < 4.78 is 6.40. The molecule has 0 fully saturated rings. The second-order valence-corrected chi connectivity index (χ2v) is 10.4. The van der Waals surface area contributed by atoms with Gasteiger partial charge in [-0.2, -0.15) is 0 Å². The molecule has 0 saturated heterocycles. The Morgan fingerprint density at radius 3 is 1.56 bits per heavy atom. The molecular weight excluding hydrogens is 526 g/mol. The summed E-state index contributed by atoms with van der Waals surface area (Å²) in [6, 6.07) is 51.5. The molecule has 0 spiro atoms. The molecule has 0 N–H and O–H groups in total. The minimum atomic E-state index is 0.614. The Kier molecular flexibility index (Phi) is 6.08. The molecule has 0 atom stereocenters. The summed E-state index contributed by atoms with van der Waals surface area (Å²) in [4.78, 5) is 15.0. The average Bonchev–Trinajstić information content (AvgIpc) is 3.54. The number of rotatable bonds is 5. The molecular formula is C39H25N3O. The summed E-state index contributed by atoms with van der Waals surface area (Å²) in [5, 5.41) is 2.17. The van der Waals surface area contributed by atoms with Crippen molar-refractivity contribution in [3.05, 3.63) is 152 Å². The molecule has 202 valence electrons. The third-order valence-electron chi connectivity index (χ3n) is 7.76. The highest BCUT2D eigenvalue weighted by molar-refractivity contribution is 6.07. The number of hydrogen-bond donors (Lipinski definition) is 0. The Labute approximate surface area is 249 Å². The van der Waals surface area contributed by atoms with Crippen molar-refractivity contribution in [2.75, 3.05) is 0 Å². The number of oxazole rings is 1. The minimum Gasteiger partial charge on any atom is -0.435 e. The normalized spacial score (nSPS) is 11.3. The van der Waals surface area contributed by atoms with Gasteiger partial charge in [-0.3, -0.25) is 0 Å². The molecule has 8 aromatic rings. The Morgan fingerprint density at radius 1 is 0.395 bits per heavy atom.